The molecule has 1 aliphatic rings. The van der Waals surface area contributed by atoms with Crippen LogP contribution in [0.25, 0.3) is 0 Å². The Bertz CT molecular complexity index is 1210. The molecule has 6 nitrogen and oxygen atoms in total. The van der Waals surface area contributed by atoms with Crippen LogP contribution in [0.2, 0.25) is 5.02 Å². The van der Waals surface area contributed by atoms with Gasteiger partial charge in [0.1, 0.15) is 28.6 Å². The van der Waals surface area contributed by atoms with E-state index in [4.69, 9.17) is 32.7 Å². The van der Waals surface area contributed by atoms with Gasteiger partial charge in [-0.3, -0.25) is 4.79 Å². The second kappa shape index (κ2) is 12.1. The molecular weight excluding hydrogens is 507 g/mol. The Morgan fingerprint density at radius 3 is 2.49 bits per heavy atom. The first-order valence-electron chi connectivity index (χ1n) is 10.4. The number of nitrogens with one attached hydrogen (secondary N) is 1. The van der Waals surface area contributed by atoms with E-state index in [2.05, 4.69) is 5.32 Å². The normalized spacial score (nSPS) is 15.1. The summed E-state index contributed by atoms with van der Waals surface area (Å²) in [6.45, 7) is 0.249. The van der Waals surface area contributed by atoms with Crippen molar-refractivity contribution in [3.8, 4) is 17.2 Å². The number of hydrogen-bond donors (Lipinski definition) is 1. The number of carboxylic acids is 1. The van der Waals surface area contributed by atoms with E-state index in [1.54, 1.807) is 42.5 Å². The Morgan fingerprint density at radius 2 is 1.83 bits per heavy atom. The fourth-order valence-corrected chi connectivity index (χ4v) is 4.11. The smallest absolute Gasteiger partial charge is 0.549 e. The molecule has 1 aliphatic heterocycles. The summed E-state index contributed by atoms with van der Waals surface area (Å²) in [5, 5.41) is 14.3. The zero-order valence-corrected chi connectivity index (χ0v) is 22.2. The molecule has 3 aromatic carbocycles. The van der Waals surface area contributed by atoms with Crippen LogP contribution in [0, 0.1) is 5.82 Å². The van der Waals surface area contributed by atoms with Crippen molar-refractivity contribution in [2.24, 2.45) is 0 Å². The van der Waals surface area contributed by atoms with E-state index in [1.807, 2.05) is 0 Å². The van der Waals surface area contributed by atoms with Crippen molar-refractivity contribution in [1.29, 1.82) is 0 Å². The van der Waals surface area contributed by atoms with Gasteiger partial charge in [0.15, 0.2) is 0 Å². The van der Waals surface area contributed by atoms with Crippen molar-refractivity contribution in [1.82, 2.24) is 5.32 Å². The first kappa shape index (κ1) is 27.3. The maximum atomic E-state index is 13.0. The second-order valence-electron chi connectivity index (χ2n) is 7.73. The minimum Gasteiger partial charge on any atom is -0.549 e. The predicted molar refractivity (Wildman–Crippen MR) is 123 cm³/mol. The van der Waals surface area contributed by atoms with Gasteiger partial charge in [0.05, 0.1) is 11.6 Å². The minimum atomic E-state index is -1.18. The molecule has 2 unspecified atom stereocenters. The van der Waals surface area contributed by atoms with Gasteiger partial charge in [0.25, 0.3) is 5.91 Å². The SMILES string of the molecule is O=C(NC(Cl)Cc1ccc(F)cc1)c1ccc(Oc2cc3c(cc2Cl)C(C(=O)[O-])CCO3)cc1.[Na+]. The van der Waals surface area contributed by atoms with Crippen LogP contribution in [0.4, 0.5) is 4.39 Å². The number of halogens is 3. The van der Waals surface area contributed by atoms with Crippen LogP contribution < -0.4 is 49.5 Å². The quantitative estimate of drug-likeness (QED) is 0.286. The van der Waals surface area contributed by atoms with Crippen LogP contribution in [-0.2, 0) is 11.2 Å². The summed E-state index contributed by atoms with van der Waals surface area (Å²) in [5.41, 5.74) is 0.941. The third-order valence-electron chi connectivity index (χ3n) is 5.35. The summed E-state index contributed by atoms with van der Waals surface area (Å²) in [6.07, 6.45) is 0.648. The molecule has 1 N–H and O–H groups in total. The maximum absolute atomic E-state index is 13.0. The summed E-state index contributed by atoms with van der Waals surface area (Å²) < 4.78 is 24.4. The number of carboxylic acid groups (broad SMARTS) is 1. The number of rotatable bonds is 7. The van der Waals surface area contributed by atoms with Crippen LogP contribution in [-0.4, -0.2) is 24.0 Å². The van der Waals surface area contributed by atoms with Gasteiger partial charge < -0.3 is 24.7 Å². The molecule has 0 saturated heterocycles. The van der Waals surface area contributed by atoms with Gasteiger partial charge in [-0.15, -0.1) is 0 Å². The minimum absolute atomic E-state index is 0. The summed E-state index contributed by atoms with van der Waals surface area (Å²) in [4.78, 5) is 23.8. The summed E-state index contributed by atoms with van der Waals surface area (Å²) in [7, 11) is 0. The molecule has 0 fully saturated rings. The molecule has 3 aromatic rings. The zero-order chi connectivity index (χ0) is 24.2. The first-order valence-corrected chi connectivity index (χ1v) is 11.3. The van der Waals surface area contributed by atoms with Crippen molar-refractivity contribution < 1.29 is 58.1 Å². The van der Waals surface area contributed by atoms with E-state index in [-0.39, 0.29) is 58.7 Å². The van der Waals surface area contributed by atoms with Crippen LogP contribution in [0.15, 0.2) is 60.7 Å². The molecule has 0 radical (unpaired) electrons. The molecule has 176 valence electrons. The molecule has 0 aromatic heterocycles. The van der Waals surface area contributed by atoms with E-state index in [1.165, 1.54) is 18.2 Å². The predicted octanol–water partition coefficient (Wildman–Crippen LogP) is 1.43. The van der Waals surface area contributed by atoms with Crippen LogP contribution in [0.3, 0.4) is 0 Å². The number of amides is 1. The number of hydrogen-bond acceptors (Lipinski definition) is 5. The van der Waals surface area contributed by atoms with E-state index in [0.29, 0.717) is 35.5 Å². The zero-order valence-electron chi connectivity index (χ0n) is 18.7. The number of carbonyl (C=O) groups is 2. The molecule has 35 heavy (non-hydrogen) atoms. The number of alkyl halides is 1. The summed E-state index contributed by atoms with van der Waals surface area (Å²) >= 11 is 12.5. The fourth-order valence-electron chi connectivity index (χ4n) is 3.62. The number of ether oxygens (including phenoxy) is 2. The fraction of sp³-hybridized carbons (Fsp3) is 0.200. The number of aliphatic carboxylic acids is 1. The average Bonchev–Trinajstić information content (AvgIpc) is 2.81. The molecular formula is C25H19Cl2FNNaO5. The number of benzene rings is 3. The van der Waals surface area contributed by atoms with Gasteiger partial charge in [0, 0.05) is 35.5 Å². The Kier molecular flexibility index (Phi) is 9.44. The number of fused-ring (bicyclic) bond motifs is 1. The Balaban J connectivity index is 0.00000342. The van der Waals surface area contributed by atoms with Crippen molar-refractivity contribution in [2.75, 3.05) is 6.61 Å². The van der Waals surface area contributed by atoms with Gasteiger partial charge >= 0.3 is 29.6 Å². The molecule has 1 amide bonds. The molecule has 10 heteroatoms. The Hall–Kier alpha value is -2.29. The standard InChI is InChI=1S/C25H20Cl2FNO5.Na/c26-20-12-19-18(25(31)32)9-10-33-21(19)13-22(20)34-17-7-3-15(4-8-17)24(30)29-23(27)11-14-1-5-16(28)6-2-14;/h1-8,12-13,18,23H,9-11H2,(H,29,30)(H,31,32);/q;+1/p-1. The van der Waals surface area contributed by atoms with Crippen molar-refractivity contribution >= 4 is 35.1 Å². The Morgan fingerprint density at radius 1 is 1.14 bits per heavy atom. The van der Waals surface area contributed by atoms with Crippen LogP contribution in [0.1, 0.15) is 33.8 Å². The summed E-state index contributed by atoms with van der Waals surface area (Å²) in [6, 6.07) is 15.3. The second-order valence-corrected chi connectivity index (χ2v) is 8.66. The molecule has 0 spiro atoms. The van der Waals surface area contributed by atoms with Crippen molar-refractivity contribution in [3.63, 3.8) is 0 Å². The molecule has 4 rings (SSSR count). The van der Waals surface area contributed by atoms with E-state index in [9.17, 15) is 19.1 Å². The largest absolute Gasteiger partial charge is 1.00 e. The first-order chi connectivity index (χ1) is 16.3. The van der Waals surface area contributed by atoms with Crippen LogP contribution in [0.5, 0.6) is 17.2 Å². The topological polar surface area (TPSA) is 87.7 Å². The Labute approximate surface area is 233 Å². The van der Waals surface area contributed by atoms with Crippen molar-refractivity contribution in [2.45, 2.75) is 24.3 Å². The molecule has 0 aliphatic carbocycles. The van der Waals surface area contributed by atoms with Gasteiger partial charge in [-0.05, 0) is 54.4 Å². The van der Waals surface area contributed by atoms with Gasteiger partial charge in [-0.1, -0.05) is 35.3 Å². The summed E-state index contributed by atoms with van der Waals surface area (Å²) in [5.74, 6) is -1.60. The van der Waals surface area contributed by atoms with Crippen LogP contribution >= 0.6 is 23.2 Å². The number of carbonyl (C=O) groups excluding carboxylic acids is 2. The van der Waals surface area contributed by atoms with E-state index >= 15 is 0 Å². The van der Waals surface area contributed by atoms with Gasteiger partial charge in [0.2, 0.25) is 0 Å². The molecule has 2 atom stereocenters. The molecule has 0 saturated carbocycles. The monoisotopic (exact) mass is 525 g/mol. The van der Waals surface area contributed by atoms with E-state index < -0.39 is 17.4 Å². The maximum Gasteiger partial charge on any atom is 1.00 e. The molecule has 0 bridgehead atoms. The van der Waals surface area contributed by atoms with Gasteiger partial charge in [-0.25, -0.2) is 4.39 Å². The average molecular weight is 526 g/mol. The third-order valence-corrected chi connectivity index (χ3v) is 5.91. The van der Waals surface area contributed by atoms with Gasteiger partial charge in [-0.2, -0.15) is 0 Å². The van der Waals surface area contributed by atoms with E-state index in [0.717, 1.165) is 5.56 Å². The molecule has 1 heterocycles. The third kappa shape index (κ3) is 6.90. The van der Waals surface area contributed by atoms with Crippen molar-refractivity contribution in [3.05, 3.63) is 88.2 Å².